The topological polar surface area (TPSA) is 43.2 Å². The first-order valence-electron chi connectivity index (χ1n) is 7.04. The first-order chi connectivity index (χ1) is 9.31. The van der Waals surface area contributed by atoms with Gasteiger partial charge in [0.1, 0.15) is 0 Å². The van der Waals surface area contributed by atoms with Crippen LogP contribution in [0.15, 0.2) is 24.5 Å². The molecule has 1 aliphatic heterocycles. The number of hydrogen-bond donors (Lipinski definition) is 0. The van der Waals surface area contributed by atoms with Gasteiger partial charge in [-0.15, -0.1) is 0 Å². The highest BCUT2D eigenvalue weighted by Gasteiger charge is 2.21. The molecule has 0 N–H and O–H groups in total. The largest absolute Gasteiger partial charge is 0.301 e. The van der Waals surface area contributed by atoms with Gasteiger partial charge in [0.25, 0.3) is 0 Å². The first kappa shape index (κ1) is 14.0. The van der Waals surface area contributed by atoms with E-state index >= 15 is 0 Å². The van der Waals surface area contributed by atoms with Crippen LogP contribution in [0.3, 0.4) is 0 Å². The fourth-order valence-electron chi connectivity index (χ4n) is 2.59. The predicted molar refractivity (Wildman–Crippen MR) is 75.5 cm³/mol. The van der Waals surface area contributed by atoms with Gasteiger partial charge < -0.3 is 4.90 Å². The molecule has 19 heavy (non-hydrogen) atoms. The summed E-state index contributed by atoms with van der Waals surface area (Å²) in [6.45, 7) is 7.72. The van der Waals surface area contributed by atoms with Crippen molar-refractivity contribution in [2.24, 2.45) is 0 Å². The van der Waals surface area contributed by atoms with Crippen molar-refractivity contribution in [2.45, 2.75) is 25.8 Å². The molecular weight excluding hydrogens is 236 g/mol. The van der Waals surface area contributed by atoms with E-state index in [1.165, 1.54) is 5.56 Å². The Morgan fingerprint density at radius 2 is 2.16 bits per heavy atom. The van der Waals surface area contributed by atoms with E-state index in [0.717, 1.165) is 39.1 Å². The van der Waals surface area contributed by atoms with Crippen LogP contribution >= 0.6 is 0 Å². The SMILES string of the molecule is C[C@H](c1cccnc1)N1CCN(CCCC#N)CC1. The van der Waals surface area contributed by atoms with Crippen LogP contribution in [0.1, 0.15) is 31.4 Å². The van der Waals surface area contributed by atoms with Gasteiger partial charge in [-0.25, -0.2) is 0 Å². The lowest BCUT2D eigenvalue weighted by atomic mass is 10.1. The third kappa shape index (κ3) is 4.02. The Bertz CT molecular complexity index is 404. The highest BCUT2D eigenvalue weighted by atomic mass is 15.3. The molecular formula is C15H22N4. The molecule has 4 heteroatoms. The van der Waals surface area contributed by atoms with Crippen LogP contribution < -0.4 is 0 Å². The number of unbranched alkanes of at least 4 members (excludes halogenated alkanes) is 1. The van der Waals surface area contributed by atoms with E-state index in [1.54, 1.807) is 0 Å². The Morgan fingerprint density at radius 1 is 1.37 bits per heavy atom. The van der Waals surface area contributed by atoms with Crippen LogP contribution in [0.4, 0.5) is 0 Å². The molecule has 0 saturated carbocycles. The second-order valence-electron chi connectivity index (χ2n) is 5.10. The van der Waals surface area contributed by atoms with Crippen molar-refractivity contribution in [3.8, 4) is 6.07 Å². The summed E-state index contributed by atoms with van der Waals surface area (Å²) in [5, 5.41) is 8.55. The van der Waals surface area contributed by atoms with E-state index in [1.807, 2.05) is 18.5 Å². The smallest absolute Gasteiger partial charge is 0.0622 e. The summed E-state index contributed by atoms with van der Waals surface area (Å²) < 4.78 is 0. The molecule has 0 amide bonds. The molecule has 0 aromatic carbocycles. The van der Waals surface area contributed by atoms with Crippen LogP contribution in [-0.2, 0) is 0 Å². The molecule has 1 aromatic heterocycles. The summed E-state index contributed by atoms with van der Waals surface area (Å²) >= 11 is 0. The molecule has 4 nitrogen and oxygen atoms in total. The maximum absolute atomic E-state index is 8.55. The highest BCUT2D eigenvalue weighted by Crippen LogP contribution is 2.20. The lowest BCUT2D eigenvalue weighted by Gasteiger charge is -2.38. The van der Waals surface area contributed by atoms with Crippen LogP contribution in [0.2, 0.25) is 0 Å². The zero-order valence-electron chi connectivity index (χ0n) is 11.6. The van der Waals surface area contributed by atoms with Gasteiger partial charge in [0.2, 0.25) is 0 Å². The minimum atomic E-state index is 0.440. The van der Waals surface area contributed by atoms with E-state index in [-0.39, 0.29) is 0 Å². The number of nitrogens with zero attached hydrogens (tertiary/aromatic N) is 4. The normalized spacial score (nSPS) is 18.9. The summed E-state index contributed by atoms with van der Waals surface area (Å²) in [5.41, 5.74) is 1.29. The Kier molecular flexibility index (Phi) is 5.31. The minimum Gasteiger partial charge on any atom is -0.301 e. The van der Waals surface area contributed by atoms with Gasteiger partial charge in [-0.05, 0) is 31.5 Å². The molecule has 1 fully saturated rings. The molecule has 0 unspecified atom stereocenters. The Balaban J connectivity index is 1.78. The number of hydrogen-bond acceptors (Lipinski definition) is 4. The van der Waals surface area contributed by atoms with Gasteiger partial charge in [0.05, 0.1) is 6.07 Å². The van der Waals surface area contributed by atoms with Gasteiger partial charge >= 0.3 is 0 Å². The van der Waals surface area contributed by atoms with Crippen molar-refractivity contribution in [2.75, 3.05) is 32.7 Å². The summed E-state index contributed by atoms with van der Waals surface area (Å²) in [4.78, 5) is 9.17. The van der Waals surface area contributed by atoms with Crippen molar-refractivity contribution in [1.29, 1.82) is 5.26 Å². The van der Waals surface area contributed by atoms with Crippen molar-refractivity contribution >= 4 is 0 Å². The van der Waals surface area contributed by atoms with Crippen molar-refractivity contribution < 1.29 is 0 Å². The van der Waals surface area contributed by atoms with Crippen LogP contribution in [0.5, 0.6) is 0 Å². The van der Waals surface area contributed by atoms with E-state index in [2.05, 4.69) is 33.8 Å². The fraction of sp³-hybridized carbons (Fsp3) is 0.600. The Hall–Kier alpha value is -1.44. The minimum absolute atomic E-state index is 0.440. The van der Waals surface area contributed by atoms with Crippen molar-refractivity contribution in [3.63, 3.8) is 0 Å². The zero-order valence-corrected chi connectivity index (χ0v) is 11.6. The zero-order chi connectivity index (χ0) is 13.5. The molecule has 0 radical (unpaired) electrons. The number of nitriles is 1. The molecule has 0 aliphatic carbocycles. The van der Waals surface area contributed by atoms with E-state index in [9.17, 15) is 0 Å². The highest BCUT2D eigenvalue weighted by molar-refractivity contribution is 5.13. The van der Waals surface area contributed by atoms with Crippen LogP contribution in [-0.4, -0.2) is 47.5 Å². The summed E-state index contributed by atoms with van der Waals surface area (Å²) in [6, 6.07) is 6.81. The van der Waals surface area contributed by atoms with E-state index < -0.39 is 0 Å². The quantitative estimate of drug-likeness (QED) is 0.758. The average molecular weight is 258 g/mol. The number of pyridine rings is 1. The molecule has 1 saturated heterocycles. The second-order valence-corrected chi connectivity index (χ2v) is 5.10. The van der Waals surface area contributed by atoms with Gasteiger partial charge in [-0.1, -0.05) is 6.07 Å². The fourth-order valence-corrected chi connectivity index (χ4v) is 2.59. The third-order valence-electron chi connectivity index (χ3n) is 3.88. The Morgan fingerprint density at radius 3 is 2.79 bits per heavy atom. The van der Waals surface area contributed by atoms with E-state index in [4.69, 9.17) is 5.26 Å². The first-order valence-corrected chi connectivity index (χ1v) is 7.04. The summed E-state index contributed by atoms with van der Waals surface area (Å²) in [6.07, 6.45) is 5.45. The van der Waals surface area contributed by atoms with Gasteiger partial charge in [-0.2, -0.15) is 5.26 Å². The third-order valence-corrected chi connectivity index (χ3v) is 3.88. The molecule has 102 valence electrons. The summed E-state index contributed by atoms with van der Waals surface area (Å²) in [7, 11) is 0. The molecule has 0 spiro atoms. The van der Waals surface area contributed by atoms with Crippen molar-refractivity contribution in [1.82, 2.24) is 14.8 Å². The molecule has 2 heterocycles. The van der Waals surface area contributed by atoms with Crippen LogP contribution in [0, 0.1) is 11.3 Å². The average Bonchev–Trinajstić information content (AvgIpc) is 2.48. The van der Waals surface area contributed by atoms with Crippen LogP contribution in [0.25, 0.3) is 0 Å². The van der Waals surface area contributed by atoms with Crippen molar-refractivity contribution in [3.05, 3.63) is 30.1 Å². The number of rotatable bonds is 5. The maximum Gasteiger partial charge on any atom is 0.0622 e. The van der Waals surface area contributed by atoms with Gasteiger partial charge in [-0.3, -0.25) is 9.88 Å². The maximum atomic E-state index is 8.55. The summed E-state index contributed by atoms with van der Waals surface area (Å²) in [5.74, 6) is 0. The van der Waals surface area contributed by atoms with E-state index in [0.29, 0.717) is 12.5 Å². The Labute approximate surface area is 115 Å². The number of piperazine rings is 1. The molecule has 1 aliphatic rings. The molecule has 1 aromatic rings. The molecule has 2 rings (SSSR count). The second kappa shape index (κ2) is 7.22. The monoisotopic (exact) mass is 258 g/mol. The molecule has 1 atom stereocenters. The molecule has 0 bridgehead atoms. The lowest BCUT2D eigenvalue weighted by molar-refractivity contribution is 0.102. The standard InChI is InChI=1S/C15H22N4/c1-14(15-5-4-7-17-13-15)19-11-9-18(10-12-19)8-3-2-6-16/h4-5,7,13-14H,2-3,8-12H2,1H3/t14-/m1/s1. The van der Waals surface area contributed by atoms with Gasteiger partial charge in [0, 0.05) is 51.0 Å². The number of aromatic nitrogens is 1. The lowest BCUT2D eigenvalue weighted by Crippen LogP contribution is -2.47. The van der Waals surface area contributed by atoms with Gasteiger partial charge in [0.15, 0.2) is 0 Å². The predicted octanol–water partition coefficient (Wildman–Crippen LogP) is 2.06.